The standard InChI is InChI=1S/C70H137NO5/c1-3-5-7-9-11-13-15-17-19-20-21-22-23-24-25-26-29-32-35-38-42-46-50-54-58-62-68(73)67(66-72)71-69(74)63-59-55-51-47-43-39-36-33-30-27-28-31-34-37-41-45-49-53-57-61-65-76-70(75)64-60-56-52-48-44-40-18-16-14-12-10-8-6-4-2/h58,62,67-68,72-73H,3-57,59-61,63-66H2,1-2H3,(H,71,74)/b62-58+. The SMILES string of the molecule is CCCCCCCCCCCCCCCCCCCCCCCCC/C=C/C(O)C(CO)NC(=O)CCCCCCCCCCCCCCCCCCCCCCOC(=O)CCCCCCCCCCCCCCCC. The van der Waals surface area contributed by atoms with Gasteiger partial charge in [-0.2, -0.15) is 0 Å². The Morgan fingerprint density at radius 3 is 0.895 bits per heavy atom. The predicted octanol–water partition coefficient (Wildman–Crippen LogP) is 22.4. The Morgan fingerprint density at radius 1 is 0.355 bits per heavy atom. The third-order valence-electron chi connectivity index (χ3n) is 16.6. The maximum Gasteiger partial charge on any atom is 0.305 e. The van der Waals surface area contributed by atoms with Gasteiger partial charge in [-0.3, -0.25) is 9.59 Å². The molecule has 0 aliphatic carbocycles. The number of allylic oxidation sites excluding steroid dienone is 1. The van der Waals surface area contributed by atoms with Gasteiger partial charge in [-0.05, 0) is 32.1 Å². The summed E-state index contributed by atoms with van der Waals surface area (Å²) in [6.07, 6.45) is 81.4. The molecule has 0 saturated heterocycles. The summed E-state index contributed by atoms with van der Waals surface area (Å²) >= 11 is 0. The highest BCUT2D eigenvalue weighted by Gasteiger charge is 2.18. The normalized spacial score (nSPS) is 12.5. The number of aliphatic hydroxyl groups is 2. The number of aliphatic hydroxyl groups excluding tert-OH is 2. The van der Waals surface area contributed by atoms with Gasteiger partial charge in [-0.15, -0.1) is 0 Å². The molecule has 0 radical (unpaired) electrons. The number of rotatable bonds is 66. The molecule has 0 heterocycles. The average Bonchev–Trinajstić information content (AvgIpc) is 3.42. The summed E-state index contributed by atoms with van der Waals surface area (Å²) in [5.74, 6) is -0.0512. The molecule has 2 unspecified atom stereocenters. The highest BCUT2D eigenvalue weighted by Crippen LogP contribution is 2.19. The topological polar surface area (TPSA) is 95.9 Å². The number of esters is 1. The Balaban J connectivity index is 3.41. The van der Waals surface area contributed by atoms with Crippen molar-refractivity contribution in [3.05, 3.63) is 12.2 Å². The molecule has 6 nitrogen and oxygen atoms in total. The molecule has 0 rings (SSSR count). The van der Waals surface area contributed by atoms with Crippen molar-refractivity contribution in [2.75, 3.05) is 13.2 Å². The number of hydrogen-bond acceptors (Lipinski definition) is 5. The lowest BCUT2D eigenvalue weighted by molar-refractivity contribution is -0.143. The van der Waals surface area contributed by atoms with Crippen molar-refractivity contribution in [3.63, 3.8) is 0 Å². The predicted molar refractivity (Wildman–Crippen MR) is 333 cm³/mol. The van der Waals surface area contributed by atoms with E-state index >= 15 is 0 Å². The zero-order valence-corrected chi connectivity index (χ0v) is 51.8. The van der Waals surface area contributed by atoms with Crippen LogP contribution in [0.2, 0.25) is 0 Å². The first-order valence-electron chi connectivity index (χ1n) is 35.0. The van der Waals surface area contributed by atoms with E-state index in [0.29, 0.717) is 19.4 Å². The van der Waals surface area contributed by atoms with E-state index in [1.165, 1.54) is 334 Å². The van der Waals surface area contributed by atoms with Crippen LogP contribution >= 0.6 is 0 Å². The zero-order valence-electron chi connectivity index (χ0n) is 51.8. The lowest BCUT2D eigenvalue weighted by atomic mass is 10.0. The van der Waals surface area contributed by atoms with E-state index in [4.69, 9.17) is 4.74 Å². The van der Waals surface area contributed by atoms with Gasteiger partial charge in [0, 0.05) is 12.8 Å². The maximum atomic E-state index is 12.5. The number of ether oxygens (including phenoxy) is 1. The first-order valence-corrected chi connectivity index (χ1v) is 35.0. The molecule has 6 heteroatoms. The smallest absolute Gasteiger partial charge is 0.305 e. The van der Waals surface area contributed by atoms with E-state index in [9.17, 15) is 19.8 Å². The quantitative estimate of drug-likeness (QED) is 0.0320. The van der Waals surface area contributed by atoms with Crippen molar-refractivity contribution < 1.29 is 24.5 Å². The number of carbonyl (C=O) groups is 2. The van der Waals surface area contributed by atoms with E-state index in [-0.39, 0.29) is 18.5 Å². The summed E-state index contributed by atoms with van der Waals surface area (Å²) in [6, 6.07) is -0.630. The van der Waals surface area contributed by atoms with Gasteiger partial charge in [0.15, 0.2) is 0 Å². The summed E-state index contributed by atoms with van der Waals surface area (Å²) in [6.45, 7) is 4.95. The molecule has 0 spiro atoms. The van der Waals surface area contributed by atoms with Crippen molar-refractivity contribution in [3.8, 4) is 0 Å². The van der Waals surface area contributed by atoms with Crippen LogP contribution in [0.25, 0.3) is 0 Å². The number of amides is 1. The van der Waals surface area contributed by atoms with E-state index in [1.807, 2.05) is 6.08 Å². The Hall–Kier alpha value is -1.40. The van der Waals surface area contributed by atoms with Crippen LogP contribution < -0.4 is 5.32 Å². The summed E-state index contributed by atoms with van der Waals surface area (Å²) in [5, 5.41) is 23.3. The van der Waals surface area contributed by atoms with Gasteiger partial charge in [0.2, 0.25) is 5.91 Å². The number of unbranched alkanes of at least 4 members (excludes halogenated alkanes) is 55. The molecule has 0 aromatic carbocycles. The fourth-order valence-electron chi connectivity index (χ4n) is 11.2. The summed E-state index contributed by atoms with van der Waals surface area (Å²) in [7, 11) is 0. The van der Waals surface area contributed by atoms with Crippen LogP contribution in [0.4, 0.5) is 0 Å². The van der Waals surface area contributed by atoms with Crippen LogP contribution in [0.5, 0.6) is 0 Å². The molecule has 0 saturated carbocycles. The second-order valence-corrected chi connectivity index (χ2v) is 24.2. The number of nitrogens with one attached hydrogen (secondary N) is 1. The van der Waals surface area contributed by atoms with Gasteiger partial charge in [0.1, 0.15) is 0 Å². The highest BCUT2D eigenvalue weighted by atomic mass is 16.5. The van der Waals surface area contributed by atoms with Crippen LogP contribution in [-0.4, -0.2) is 47.4 Å². The van der Waals surface area contributed by atoms with Crippen molar-refractivity contribution >= 4 is 11.9 Å². The van der Waals surface area contributed by atoms with Crippen molar-refractivity contribution in [2.45, 2.75) is 411 Å². The second kappa shape index (κ2) is 66.1. The van der Waals surface area contributed by atoms with Crippen LogP contribution in [-0.2, 0) is 14.3 Å². The minimum absolute atomic E-state index is 0.0135. The average molecular weight is 1070 g/mol. The molecule has 3 N–H and O–H groups in total. The monoisotopic (exact) mass is 1070 g/mol. The fourth-order valence-corrected chi connectivity index (χ4v) is 11.2. The van der Waals surface area contributed by atoms with Gasteiger partial charge in [0.05, 0.1) is 25.4 Å². The summed E-state index contributed by atoms with van der Waals surface area (Å²) in [5.41, 5.74) is 0. The third-order valence-corrected chi connectivity index (χ3v) is 16.6. The first kappa shape index (κ1) is 74.6. The first-order chi connectivity index (χ1) is 37.5. The minimum atomic E-state index is -0.847. The molecular formula is C70H137NO5. The van der Waals surface area contributed by atoms with Gasteiger partial charge in [0.25, 0.3) is 0 Å². The molecular weight excluding hydrogens is 935 g/mol. The fraction of sp³-hybridized carbons (Fsp3) is 0.943. The highest BCUT2D eigenvalue weighted by molar-refractivity contribution is 5.76. The van der Waals surface area contributed by atoms with E-state index < -0.39 is 12.1 Å². The largest absolute Gasteiger partial charge is 0.466 e. The van der Waals surface area contributed by atoms with Crippen molar-refractivity contribution in [1.29, 1.82) is 0 Å². The van der Waals surface area contributed by atoms with Crippen LogP contribution in [0.15, 0.2) is 12.2 Å². The molecule has 1 amide bonds. The minimum Gasteiger partial charge on any atom is -0.466 e. The van der Waals surface area contributed by atoms with E-state index in [0.717, 1.165) is 38.5 Å². The zero-order chi connectivity index (χ0) is 55.0. The molecule has 0 aromatic heterocycles. The Labute approximate surface area is 476 Å². The lowest BCUT2D eigenvalue weighted by Crippen LogP contribution is -2.45. The molecule has 0 bridgehead atoms. The number of carbonyl (C=O) groups excluding carboxylic acids is 2. The van der Waals surface area contributed by atoms with Crippen molar-refractivity contribution in [2.24, 2.45) is 0 Å². The molecule has 76 heavy (non-hydrogen) atoms. The molecule has 2 atom stereocenters. The van der Waals surface area contributed by atoms with Gasteiger partial charge >= 0.3 is 5.97 Å². The van der Waals surface area contributed by atoms with Gasteiger partial charge < -0.3 is 20.3 Å². The van der Waals surface area contributed by atoms with Gasteiger partial charge in [-0.25, -0.2) is 0 Å². The molecule has 0 aliphatic rings. The maximum absolute atomic E-state index is 12.5. The molecule has 0 fully saturated rings. The van der Waals surface area contributed by atoms with Crippen LogP contribution in [0.3, 0.4) is 0 Å². The van der Waals surface area contributed by atoms with Crippen LogP contribution in [0, 0.1) is 0 Å². The van der Waals surface area contributed by atoms with Crippen LogP contribution in [0.1, 0.15) is 399 Å². The number of hydrogen-bond donors (Lipinski definition) is 3. The second-order valence-electron chi connectivity index (χ2n) is 24.2. The lowest BCUT2D eigenvalue weighted by Gasteiger charge is -2.20. The molecule has 452 valence electrons. The van der Waals surface area contributed by atoms with Gasteiger partial charge in [-0.1, -0.05) is 366 Å². The molecule has 0 aromatic rings. The Bertz CT molecular complexity index is 1140. The third kappa shape index (κ3) is 61.8. The van der Waals surface area contributed by atoms with Crippen molar-refractivity contribution in [1.82, 2.24) is 5.32 Å². The summed E-state index contributed by atoms with van der Waals surface area (Å²) in [4.78, 5) is 24.6. The Morgan fingerprint density at radius 2 is 0.605 bits per heavy atom. The molecule has 0 aliphatic heterocycles. The summed E-state index contributed by atoms with van der Waals surface area (Å²) < 4.78 is 5.49. The van der Waals surface area contributed by atoms with E-state index in [1.54, 1.807) is 6.08 Å². The Kier molecular flexibility index (Phi) is 64.9. The van der Waals surface area contributed by atoms with E-state index in [2.05, 4.69) is 19.2 Å².